The van der Waals surface area contributed by atoms with Crippen molar-refractivity contribution >= 4 is 33.5 Å². The first kappa shape index (κ1) is 18.4. The predicted octanol–water partition coefficient (Wildman–Crippen LogP) is 5.12. The third kappa shape index (κ3) is 3.94. The molecule has 0 aromatic heterocycles. The van der Waals surface area contributed by atoms with Crippen molar-refractivity contribution in [1.82, 2.24) is 0 Å². The lowest BCUT2D eigenvalue weighted by molar-refractivity contribution is 0.0685. The van der Waals surface area contributed by atoms with Gasteiger partial charge in [-0.1, -0.05) is 21.6 Å². The van der Waals surface area contributed by atoms with Crippen LogP contribution in [0.15, 0.2) is 34.1 Å². The van der Waals surface area contributed by atoms with Crippen LogP contribution in [-0.2, 0) is 0 Å². The molecular weight excluding hydrogens is 344 g/mol. The number of carboxylic acids is 2. The maximum Gasteiger partial charge on any atom is 0.335 e. The number of aryl methyl sites for hydroxylation is 4. The molecule has 126 valence electrons. The van der Waals surface area contributed by atoms with Crippen molar-refractivity contribution in [2.45, 2.75) is 37.5 Å². The van der Waals surface area contributed by atoms with Gasteiger partial charge in [0.15, 0.2) is 0 Å². The predicted molar refractivity (Wildman–Crippen MR) is 97.5 cm³/mol. The van der Waals surface area contributed by atoms with Gasteiger partial charge in [-0.05, 0) is 74.2 Å². The molecule has 0 saturated carbocycles. The summed E-state index contributed by atoms with van der Waals surface area (Å²) < 4.78 is 0. The summed E-state index contributed by atoms with van der Waals surface area (Å²) in [4.78, 5) is 24.4. The van der Waals surface area contributed by atoms with Gasteiger partial charge in [0.1, 0.15) is 0 Å². The van der Waals surface area contributed by atoms with Crippen LogP contribution in [0, 0.1) is 27.7 Å². The molecule has 0 radical (unpaired) electrons. The first-order chi connectivity index (χ1) is 11.2. The zero-order chi connectivity index (χ0) is 18.0. The molecule has 0 aliphatic heterocycles. The first-order valence-corrected chi connectivity index (χ1v) is 9.39. The lowest BCUT2D eigenvalue weighted by Crippen LogP contribution is -2.01. The smallest absolute Gasteiger partial charge is 0.335 e. The summed E-state index contributed by atoms with van der Waals surface area (Å²) in [5, 5.41) is 18.3. The van der Waals surface area contributed by atoms with Crippen LogP contribution in [-0.4, -0.2) is 22.2 Å². The third-order valence-corrected chi connectivity index (χ3v) is 6.38. The number of rotatable bonds is 5. The van der Waals surface area contributed by atoms with E-state index in [1.54, 1.807) is 47.6 Å². The van der Waals surface area contributed by atoms with Gasteiger partial charge < -0.3 is 10.2 Å². The van der Waals surface area contributed by atoms with E-state index >= 15 is 0 Å². The second-order valence-corrected chi connectivity index (χ2v) is 7.86. The first-order valence-electron chi connectivity index (χ1n) is 7.24. The summed E-state index contributed by atoms with van der Waals surface area (Å²) in [5.74, 6) is -1.84. The van der Waals surface area contributed by atoms with Gasteiger partial charge in [-0.25, -0.2) is 9.59 Å². The Balaban J connectivity index is 2.26. The molecule has 24 heavy (non-hydrogen) atoms. The quantitative estimate of drug-likeness (QED) is 0.720. The van der Waals surface area contributed by atoms with Crippen molar-refractivity contribution in [3.63, 3.8) is 0 Å². The van der Waals surface area contributed by atoms with E-state index in [1.807, 2.05) is 26.0 Å². The van der Waals surface area contributed by atoms with Crippen molar-refractivity contribution in [1.29, 1.82) is 0 Å². The van der Waals surface area contributed by atoms with Gasteiger partial charge in [0.05, 0.1) is 11.1 Å². The summed E-state index contributed by atoms with van der Waals surface area (Å²) in [6, 6.07) is 7.13. The maximum atomic E-state index is 11.2. The Morgan fingerprint density at radius 1 is 0.667 bits per heavy atom. The van der Waals surface area contributed by atoms with Crippen LogP contribution < -0.4 is 0 Å². The number of aromatic carboxylic acids is 2. The van der Waals surface area contributed by atoms with Gasteiger partial charge in [-0.15, -0.1) is 0 Å². The molecule has 0 heterocycles. The minimum atomic E-state index is -0.921. The van der Waals surface area contributed by atoms with Crippen LogP contribution in [0.25, 0.3) is 0 Å². The van der Waals surface area contributed by atoms with Crippen molar-refractivity contribution in [2.24, 2.45) is 0 Å². The fourth-order valence-corrected chi connectivity index (χ4v) is 4.94. The van der Waals surface area contributed by atoms with E-state index in [9.17, 15) is 9.59 Å². The number of hydrogen-bond acceptors (Lipinski definition) is 4. The molecule has 0 aliphatic carbocycles. The SMILES string of the molecule is Cc1cc(C(=O)O)c(C)cc1SSc1cc(C)c(C(=O)O)cc1C. The third-order valence-electron chi connectivity index (χ3n) is 3.73. The lowest BCUT2D eigenvalue weighted by Gasteiger charge is -2.11. The molecular formula is C18H18O4S2. The molecule has 0 unspecified atom stereocenters. The average Bonchev–Trinajstić information content (AvgIpc) is 2.49. The molecule has 4 nitrogen and oxygen atoms in total. The van der Waals surface area contributed by atoms with Crippen molar-refractivity contribution < 1.29 is 19.8 Å². The van der Waals surface area contributed by atoms with Gasteiger partial charge in [0.2, 0.25) is 0 Å². The second-order valence-electron chi connectivity index (χ2n) is 5.64. The molecule has 2 rings (SSSR count). The Kier molecular flexibility index (Phi) is 5.62. The van der Waals surface area contributed by atoms with Gasteiger partial charge >= 0.3 is 11.9 Å². The number of hydrogen-bond donors (Lipinski definition) is 2. The van der Waals surface area contributed by atoms with Crippen LogP contribution in [0.3, 0.4) is 0 Å². The Hall–Kier alpha value is -1.92. The van der Waals surface area contributed by atoms with Gasteiger partial charge in [0.25, 0.3) is 0 Å². The highest BCUT2D eigenvalue weighted by molar-refractivity contribution is 8.76. The van der Waals surface area contributed by atoms with E-state index in [2.05, 4.69) is 0 Å². The minimum Gasteiger partial charge on any atom is -0.478 e. The highest BCUT2D eigenvalue weighted by atomic mass is 33.1. The second kappa shape index (κ2) is 7.32. The Labute approximate surface area is 148 Å². The van der Waals surface area contributed by atoms with Gasteiger partial charge in [-0.2, -0.15) is 0 Å². The summed E-state index contributed by atoms with van der Waals surface area (Å²) in [7, 11) is 3.10. The zero-order valence-electron chi connectivity index (χ0n) is 13.8. The number of carbonyl (C=O) groups is 2. The fourth-order valence-electron chi connectivity index (χ4n) is 2.31. The topological polar surface area (TPSA) is 74.6 Å². The molecule has 0 fully saturated rings. The molecule has 0 spiro atoms. The minimum absolute atomic E-state index is 0.319. The highest BCUT2D eigenvalue weighted by Crippen LogP contribution is 2.41. The van der Waals surface area contributed by atoms with E-state index in [0.717, 1.165) is 32.0 Å². The van der Waals surface area contributed by atoms with Crippen molar-refractivity contribution in [3.05, 3.63) is 57.6 Å². The van der Waals surface area contributed by atoms with Gasteiger partial charge in [-0.3, -0.25) is 0 Å². The molecule has 0 aliphatic rings. The Morgan fingerprint density at radius 3 is 1.29 bits per heavy atom. The molecule has 2 aromatic carbocycles. The molecule has 2 N–H and O–H groups in total. The standard InChI is InChI=1S/C18H18O4S2/c1-9-7-15(11(3)5-13(9)17(19)20)23-24-16-8-10(2)14(18(21)22)6-12(16)4/h5-8H,1-4H3,(H,19,20)(H,21,22). The summed E-state index contributed by atoms with van der Waals surface area (Å²) in [6.45, 7) is 7.35. The molecule has 6 heteroatoms. The summed E-state index contributed by atoms with van der Waals surface area (Å²) in [5.41, 5.74) is 3.91. The van der Waals surface area contributed by atoms with E-state index in [-0.39, 0.29) is 0 Å². The Morgan fingerprint density at radius 2 is 1.00 bits per heavy atom. The highest BCUT2D eigenvalue weighted by Gasteiger charge is 2.13. The molecule has 2 aromatic rings. The molecule has 0 atom stereocenters. The monoisotopic (exact) mass is 362 g/mol. The fraction of sp³-hybridized carbons (Fsp3) is 0.222. The van der Waals surface area contributed by atoms with Crippen LogP contribution in [0.5, 0.6) is 0 Å². The summed E-state index contributed by atoms with van der Waals surface area (Å²) in [6.07, 6.45) is 0. The van der Waals surface area contributed by atoms with E-state index in [1.165, 1.54) is 0 Å². The van der Waals surface area contributed by atoms with Crippen LogP contribution in [0.1, 0.15) is 43.0 Å². The lowest BCUT2D eigenvalue weighted by atomic mass is 10.1. The van der Waals surface area contributed by atoms with Crippen molar-refractivity contribution in [3.8, 4) is 0 Å². The van der Waals surface area contributed by atoms with Gasteiger partial charge in [0, 0.05) is 9.79 Å². The van der Waals surface area contributed by atoms with Crippen LogP contribution in [0.4, 0.5) is 0 Å². The normalized spacial score (nSPS) is 10.7. The molecule has 0 amide bonds. The van der Waals surface area contributed by atoms with Crippen molar-refractivity contribution in [2.75, 3.05) is 0 Å². The zero-order valence-corrected chi connectivity index (χ0v) is 15.5. The maximum absolute atomic E-state index is 11.2. The van der Waals surface area contributed by atoms with Crippen LogP contribution in [0.2, 0.25) is 0 Å². The molecule has 0 bridgehead atoms. The Bertz CT molecular complexity index is 759. The average molecular weight is 362 g/mol. The number of carboxylic acid groups (broad SMARTS) is 2. The van der Waals surface area contributed by atoms with E-state index in [4.69, 9.17) is 10.2 Å². The van der Waals surface area contributed by atoms with E-state index < -0.39 is 11.9 Å². The van der Waals surface area contributed by atoms with Crippen LogP contribution >= 0.6 is 21.6 Å². The van der Waals surface area contributed by atoms with E-state index in [0.29, 0.717) is 11.1 Å². The summed E-state index contributed by atoms with van der Waals surface area (Å²) >= 11 is 0. The number of benzene rings is 2. The molecule has 0 saturated heterocycles. The largest absolute Gasteiger partial charge is 0.478 e.